The third kappa shape index (κ3) is 7.29. The van der Waals surface area contributed by atoms with Gasteiger partial charge in [-0.15, -0.1) is 11.8 Å². The standard InChI is InChI=1S/C25H31ClN2O2S/c1-18(2)16-24(30)28-14-12-22(13-15-28)27-23(29)17-31-25(19-6-4-3-5-7-19)20-8-10-21(26)11-9-20/h3-11,18,22,25H,12-17H2,1-2H3,(H,27,29). The number of carbonyl (C=O) groups is 2. The van der Waals surface area contributed by atoms with E-state index in [0.29, 0.717) is 23.1 Å². The molecular formula is C25H31ClN2O2S. The molecular weight excluding hydrogens is 428 g/mol. The van der Waals surface area contributed by atoms with Gasteiger partial charge in [0.15, 0.2) is 0 Å². The maximum Gasteiger partial charge on any atom is 0.230 e. The maximum absolute atomic E-state index is 12.7. The van der Waals surface area contributed by atoms with Crippen molar-refractivity contribution in [2.24, 2.45) is 5.92 Å². The van der Waals surface area contributed by atoms with Crippen molar-refractivity contribution < 1.29 is 9.59 Å². The van der Waals surface area contributed by atoms with Gasteiger partial charge in [-0.2, -0.15) is 0 Å². The normalized spacial score (nSPS) is 15.7. The summed E-state index contributed by atoms with van der Waals surface area (Å²) < 4.78 is 0. The van der Waals surface area contributed by atoms with E-state index in [1.807, 2.05) is 47.4 Å². The summed E-state index contributed by atoms with van der Waals surface area (Å²) in [5, 5.41) is 3.94. The van der Waals surface area contributed by atoms with E-state index in [2.05, 4.69) is 31.3 Å². The molecule has 1 heterocycles. The summed E-state index contributed by atoms with van der Waals surface area (Å²) in [7, 11) is 0. The highest BCUT2D eigenvalue weighted by Gasteiger charge is 2.24. The second kappa shape index (κ2) is 11.6. The molecule has 1 unspecified atom stereocenters. The van der Waals surface area contributed by atoms with Gasteiger partial charge >= 0.3 is 0 Å². The molecule has 2 amide bonds. The average molecular weight is 459 g/mol. The highest BCUT2D eigenvalue weighted by atomic mass is 35.5. The first kappa shape index (κ1) is 23.7. The van der Waals surface area contributed by atoms with Crippen molar-refractivity contribution >= 4 is 35.2 Å². The monoisotopic (exact) mass is 458 g/mol. The zero-order chi connectivity index (χ0) is 22.2. The molecule has 0 radical (unpaired) electrons. The lowest BCUT2D eigenvalue weighted by molar-refractivity contribution is -0.133. The molecule has 2 aromatic carbocycles. The lowest BCUT2D eigenvalue weighted by Crippen LogP contribution is -2.47. The number of nitrogens with one attached hydrogen (secondary N) is 1. The van der Waals surface area contributed by atoms with Crippen LogP contribution in [0.15, 0.2) is 54.6 Å². The molecule has 1 saturated heterocycles. The first-order valence-corrected chi connectivity index (χ1v) is 12.3. The summed E-state index contributed by atoms with van der Waals surface area (Å²) in [6.07, 6.45) is 2.23. The largest absolute Gasteiger partial charge is 0.353 e. The Morgan fingerprint density at radius 1 is 1.03 bits per heavy atom. The Morgan fingerprint density at radius 2 is 1.65 bits per heavy atom. The number of carbonyl (C=O) groups excluding carboxylic acids is 2. The number of rotatable bonds is 8. The van der Waals surface area contributed by atoms with E-state index in [1.165, 1.54) is 5.56 Å². The van der Waals surface area contributed by atoms with Gasteiger partial charge in [0.1, 0.15) is 0 Å². The molecule has 0 bridgehead atoms. The Balaban J connectivity index is 1.52. The maximum atomic E-state index is 12.7. The number of benzene rings is 2. The molecule has 2 aromatic rings. The van der Waals surface area contributed by atoms with Gasteiger partial charge in [0, 0.05) is 30.6 Å². The number of nitrogens with zero attached hydrogens (tertiary/aromatic N) is 1. The summed E-state index contributed by atoms with van der Waals surface area (Å²) in [5.41, 5.74) is 2.30. The zero-order valence-electron chi connectivity index (χ0n) is 18.2. The first-order valence-electron chi connectivity index (χ1n) is 10.9. The summed E-state index contributed by atoms with van der Waals surface area (Å²) in [4.78, 5) is 26.8. The molecule has 0 aliphatic carbocycles. The van der Waals surface area contributed by atoms with Gasteiger partial charge in [0.25, 0.3) is 0 Å². The van der Waals surface area contributed by atoms with Gasteiger partial charge in [-0.05, 0) is 42.0 Å². The molecule has 1 fully saturated rings. The zero-order valence-corrected chi connectivity index (χ0v) is 19.8. The average Bonchev–Trinajstić information content (AvgIpc) is 2.76. The lowest BCUT2D eigenvalue weighted by Gasteiger charge is -2.33. The molecule has 6 heteroatoms. The highest BCUT2D eigenvalue weighted by Crippen LogP contribution is 2.36. The molecule has 0 spiro atoms. The van der Waals surface area contributed by atoms with Crippen LogP contribution in [0.5, 0.6) is 0 Å². The Labute approximate surface area is 194 Å². The molecule has 0 saturated carbocycles. The fourth-order valence-electron chi connectivity index (χ4n) is 3.83. The van der Waals surface area contributed by atoms with E-state index < -0.39 is 0 Å². The van der Waals surface area contributed by atoms with Crippen molar-refractivity contribution in [3.63, 3.8) is 0 Å². The van der Waals surface area contributed by atoms with Gasteiger partial charge in [-0.3, -0.25) is 9.59 Å². The van der Waals surface area contributed by atoms with Gasteiger partial charge in [-0.1, -0.05) is 67.9 Å². The molecule has 1 aliphatic rings. The summed E-state index contributed by atoms with van der Waals surface area (Å²) in [6.45, 7) is 5.58. The van der Waals surface area contributed by atoms with Crippen molar-refractivity contribution in [3.05, 3.63) is 70.7 Å². The summed E-state index contributed by atoms with van der Waals surface area (Å²) in [6, 6.07) is 18.2. The Hall–Kier alpha value is -1.98. The highest BCUT2D eigenvalue weighted by molar-refractivity contribution is 8.00. The number of halogens is 1. The number of thioether (sulfide) groups is 1. The fraction of sp³-hybridized carbons (Fsp3) is 0.440. The molecule has 4 nitrogen and oxygen atoms in total. The minimum absolute atomic E-state index is 0.0480. The predicted molar refractivity (Wildman–Crippen MR) is 129 cm³/mol. The van der Waals surface area contributed by atoms with Crippen molar-refractivity contribution in [2.75, 3.05) is 18.8 Å². The van der Waals surface area contributed by atoms with Gasteiger partial charge in [0.2, 0.25) is 11.8 Å². The quantitative estimate of drug-likeness (QED) is 0.582. The lowest BCUT2D eigenvalue weighted by atomic mass is 10.0. The Bertz CT molecular complexity index is 850. The van der Waals surface area contributed by atoms with Crippen LogP contribution in [-0.4, -0.2) is 41.6 Å². The summed E-state index contributed by atoms with van der Waals surface area (Å²) >= 11 is 7.68. The summed E-state index contributed by atoms with van der Waals surface area (Å²) in [5.74, 6) is 1.03. The minimum Gasteiger partial charge on any atom is -0.353 e. The van der Waals surface area contributed by atoms with Crippen molar-refractivity contribution in [1.82, 2.24) is 10.2 Å². The van der Waals surface area contributed by atoms with Crippen LogP contribution in [0.3, 0.4) is 0 Å². The Kier molecular flexibility index (Phi) is 8.85. The fourth-order valence-corrected chi connectivity index (χ4v) is 5.06. The smallest absolute Gasteiger partial charge is 0.230 e. The molecule has 166 valence electrons. The number of hydrogen-bond acceptors (Lipinski definition) is 3. The van der Waals surface area contributed by atoms with Crippen LogP contribution >= 0.6 is 23.4 Å². The number of hydrogen-bond donors (Lipinski definition) is 1. The molecule has 1 N–H and O–H groups in total. The number of likely N-dealkylation sites (tertiary alicyclic amines) is 1. The predicted octanol–water partition coefficient (Wildman–Crippen LogP) is 5.32. The first-order chi connectivity index (χ1) is 14.9. The van der Waals surface area contributed by atoms with Crippen LogP contribution in [0.25, 0.3) is 0 Å². The number of amides is 2. The minimum atomic E-state index is 0.0480. The van der Waals surface area contributed by atoms with E-state index in [0.717, 1.165) is 31.5 Å². The van der Waals surface area contributed by atoms with Gasteiger partial charge in [0.05, 0.1) is 11.0 Å². The van der Waals surface area contributed by atoms with Crippen LogP contribution in [-0.2, 0) is 9.59 Å². The third-order valence-corrected chi connectivity index (χ3v) is 7.01. The second-order valence-corrected chi connectivity index (χ2v) is 10.0. The SMILES string of the molecule is CC(C)CC(=O)N1CCC(NC(=O)CSC(c2ccccc2)c2ccc(Cl)cc2)CC1. The van der Waals surface area contributed by atoms with Crippen molar-refractivity contribution in [2.45, 2.75) is 44.4 Å². The van der Waals surface area contributed by atoms with Crippen LogP contribution in [0.2, 0.25) is 5.02 Å². The molecule has 1 aliphatic heterocycles. The number of piperidine rings is 1. The van der Waals surface area contributed by atoms with E-state index in [9.17, 15) is 9.59 Å². The molecule has 0 aromatic heterocycles. The molecule has 3 rings (SSSR count). The molecule has 1 atom stereocenters. The Morgan fingerprint density at radius 3 is 2.26 bits per heavy atom. The van der Waals surface area contributed by atoms with E-state index in [-0.39, 0.29) is 23.1 Å². The van der Waals surface area contributed by atoms with Gasteiger partial charge < -0.3 is 10.2 Å². The van der Waals surface area contributed by atoms with Crippen molar-refractivity contribution in [1.29, 1.82) is 0 Å². The topological polar surface area (TPSA) is 49.4 Å². The van der Waals surface area contributed by atoms with Crippen LogP contribution in [0.4, 0.5) is 0 Å². The third-order valence-electron chi connectivity index (χ3n) is 5.45. The van der Waals surface area contributed by atoms with E-state index >= 15 is 0 Å². The van der Waals surface area contributed by atoms with Crippen molar-refractivity contribution in [3.8, 4) is 0 Å². The van der Waals surface area contributed by atoms with Crippen LogP contribution in [0.1, 0.15) is 49.5 Å². The van der Waals surface area contributed by atoms with E-state index in [1.54, 1.807) is 11.8 Å². The van der Waals surface area contributed by atoms with Gasteiger partial charge in [-0.25, -0.2) is 0 Å². The van der Waals surface area contributed by atoms with Crippen LogP contribution in [0, 0.1) is 5.92 Å². The van der Waals surface area contributed by atoms with Crippen LogP contribution < -0.4 is 5.32 Å². The van der Waals surface area contributed by atoms with E-state index in [4.69, 9.17) is 11.6 Å². The molecule has 31 heavy (non-hydrogen) atoms. The second-order valence-electron chi connectivity index (χ2n) is 8.47.